The molecule has 326 valence electrons. The molecular formula is C42H64Cl2N10O5. The number of nitrogens with zero attached hydrogens (tertiary/aromatic N) is 7. The zero-order valence-corrected chi connectivity index (χ0v) is 37.1. The van der Waals surface area contributed by atoms with E-state index in [0.717, 1.165) is 82.3 Å². The number of carbonyl (C=O) groups excluding carboxylic acids is 3. The minimum Gasteiger partial charge on any atom is -1.00 e. The Kier molecular flexibility index (Phi) is 19.9. The van der Waals surface area contributed by atoms with E-state index in [1.807, 2.05) is 62.3 Å². The van der Waals surface area contributed by atoms with Crippen LogP contribution >= 0.6 is 11.6 Å². The van der Waals surface area contributed by atoms with E-state index in [1.54, 1.807) is 23.9 Å². The Hall–Kier alpha value is -4.41. The predicted molar refractivity (Wildman–Crippen MR) is 229 cm³/mol. The third-order valence-corrected chi connectivity index (χ3v) is 10.9. The summed E-state index contributed by atoms with van der Waals surface area (Å²) in [7, 11) is 11.5. The quantitative estimate of drug-likeness (QED) is 0.117. The molecule has 1 aliphatic rings. The lowest BCUT2D eigenvalue weighted by Crippen LogP contribution is -3.00. The number of halogens is 2. The number of anilines is 2. The Balaban J connectivity index is 0.00000930. The highest BCUT2D eigenvalue weighted by Crippen LogP contribution is 2.25. The molecule has 0 aliphatic carbocycles. The van der Waals surface area contributed by atoms with Gasteiger partial charge in [-0.15, -0.1) is 0 Å². The summed E-state index contributed by atoms with van der Waals surface area (Å²) in [5.74, 6) is 0.737. The van der Waals surface area contributed by atoms with Crippen LogP contribution in [0.3, 0.4) is 0 Å². The van der Waals surface area contributed by atoms with Crippen molar-refractivity contribution >= 4 is 41.0 Å². The van der Waals surface area contributed by atoms with Gasteiger partial charge in [0.05, 0.1) is 32.2 Å². The Morgan fingerprint density at radius 2 is 1.22 bits per heavy atom. The Bertz CT molecular complexity index is 1700. The highest BCUT2D eigenvalue weighted by Gasteiger charge is 2.35. The van der Waals surface area contributed by atoms with Crippen LogP contribution in [0.1, 0.15) is 47.3 Å². The number of hydrogen-bond acceptors (Lipinski definition) is 11. The average molecular weight is 860 g/mol. The molecule has 2 aromatic carbocycles. The number of carbonyl (C=O) groups is 3. The number of likely N-dealkylation sites (N-methyl/N-ethyl adjacent to an activating group) is 4. The van der Waals surface area contributed by atoms with Crippen LogP contribution in [0.2, 0.25) is 5.15 Å². The Morgan fingerprint density at radius 3 is 1.68 bits per heavy atom. The largest absolute Gasteiger partial charge is 1.00 e. The first kappa shape index (κ1) is 49.0. The lowest BCUT2D eigenvalue weighted by atomic mass is 9.99. The molecule has 0 bridgehead atoms. The number of nitrogens with two attached hydrogens (primary N) is 2. The zero-order valence-electron chi connectivity index (χ0n) is 35.6. The molecule has 15 nitrogen and oxygen atoms in total. The molecule has 1 aromatic heterocycles. The van der Waals surface area contributed by atoms with Crippen molar-refractivity contribution in [3.05, 3.63) is 70.5 Å². The van der Waals surface area contributed by atoms with Crippen LogP contribution in [0.15, 0.2) is 48.5 Å². The summed E-state index contributed by atoms with van der Waals surface area (Å²) in [5.41, 5.74) is 14.1. The van der Waals surface area contributed by atoms with E-state index in [9.17, 15) is 14.4 Å². The van der Waals surface area contributed by atoms with Crippen LogP contribution in [0.5, 0.6) is 11.5 Å². The summed E-state index contributed by atoms with van der Waals surface area (Å²) < 4.78 is 12.5. The monoisotopic (exact) mass is 858 g/mol. The molecule has 0 spiro atoms. The molecule has 3 amide bonds. The number of quaternary nitrogens is 1. The van der Waals surface area contributed by atoms with Crippen molar-refractivity contribution in [2.45, 2.75) is 44.6 Å². The first-order valence-corrected chi connectivity index (χ1v) is 20.5. The third kappa shape index (κ3) is 16.3. The maximum absolute atomic E-state index is 13.3. The number of rotatable bonds is 22. The second-order valence-electron chi connectivity index (χ2n) is 16.0. The number of aromatic nitrogens is 2. The van der Waals surface area contributed by atoms with Crippen LogP contribution < -0.4 is 38.7 Å². The van der Waals surface area contributed by atoms with Gasteiger partial charge in [-0.3, -0.25) is 14.4 Å². The Labute approximate surface area is 361 Å². The van der Waals surface area contributed by atoms with Crippen molar-refractivity contribution in [2.75, 3.05) is 119 Å². The van der Waals surface area contributed by atoms with Gasteiger partial charge in [-0.25, -0.2) is 9.97 Å². The minimum atomic E-state index is -0.412. The summed E-state index contributed by atoms with van der Waals surface area (Å²) in [6.45, 7) is 6.54. The van der Waals surface area contributed by atoms with E-state index in [4.69, 9.17) is 32.5 Å². The van der Waals surface area contributed by atoms with Gasteiger partial charge in [-0.05, 0) is 89.3 Å². The second kappa shape index (κ2) is 24.0. The van der Waals surface area contributed by atoms with E-state index in [0.29, 0.717) is 24.6 Å². The number of nitrogen functional groups attached to an aromatic ring is 2. The van der Waals surface area contributed by atoms with E-state index in [-0.39, 0.29) is 66.0 Å². The summed E-state index contributed by atoms with van der Waals surface area (Å²) in [5, 5.41) is 3.11. The zero-order chi connectivity index (χ0) is 42.2. The smallest absolute Gasteiger partial charge is 0.274 e. The van der Waals surface area contributed by atoms with Crippen molar-refractivity contribution in [2.24, 2.45) is 0 Å². The first-order chi connectivity index (χ1) is 27.6. The molecule has 1 fully saturated rings. The van der Waals surface area contributed by atoms with Crippen molar-refractivity contribution < 1.29 is 40.7 Å². The number of hydrogen-bond donors (Lipinski definition) is 3. The van der Waals surface area contributed by atoms with Gasteiger partial charge in [-0.1, -0.05) is 35.9 Å². The van der Waals surface area contributed by atoms with Crippen molar-refractivity contribution in [1.29, 1.82) is 0 Å². The average Bonchev–Trinajstić information content (AvgIpc) is 3.19. The summed E-state index contributed by atoms with van der Waals surface area (Å²) in [4.78, 5) is 53.9. The van der Waals surface area contributed by atoms with E-state index in [2.05, 4.69) is 39.6 Å². The van der Waals surface area contributed by atoms with Gasteiger partial charge < -0.3 is 62.7 Å². The topological polar surface area (TPSA) is 172 Å². The number of ether oxygens (including phenoxy) is 2. The van der Waals surface area contributed by atoms with Gasteiger partial charge >= 0.3 is 0 Å². The molecule has 3 aromatic rings. The van der Waals surface area contributed by atoms with Crippen LogP contribution in [-0.2, 0) is 22.4 Å². The number of aryl methyl sites for hydroxylation is 2. The molecule has 2 heterocycles. The van der Waals surface area contributed by atoms with Gasteiger partial charge in [0.15, 0.2) is 35.7 Å². The van der Waals surface area contributed by atoms with E-state index < -0.39 is 5.91 Å². The second-order valence-corrected chi connectivity index (χ2v) is 16.3. The fourth-order valence-corrected chi connectivity index (χ4v) is 7.15. The van der Waals surface area contributed by atoms with Crippen LogP contribution in [0.4, 0.5) is 11.6 Å². The summed E-state index contributed by atoms with van der Waals surface area (Å²) in [6.07, 6.45) is 5.48. The molecule has 4 rings (SSSR count). The number of benzene rings is 2. The van der Waals surface area contributed by atoms with Crippen molar-refractivity contribution in [1.82, 2.24) is 34.9 Å². The molecule has 0 saturated carbocycles. The van der Waals surface area contributed by atoms with Crippen molar-refractivity contribution in [3.8, 4) is 11.5 Å². The molecule has 17 heteroatoms. The molecule has 1 unspecified atom stereocenters. The predicted octanol–water partition coefficient (Wildman–Crippen LogP) is 0.0706. The Morgan fingerprint density at radius 1 is 0.746 bits per heavy atom. The fraction of sp³-hybridized carbons (Fsp3) is 0.548. The van der Waals surface area contributed by atoms with Gasteiger partial charge in [0, 0.05) is 53.1 Å². The summed E-state index contributed by atoms with van der Waals surface area (Å²) >= 11 is 6.08. The van der Waals surface area contributed by atoms with E-state index >= 15 is 0 Å². The lowest BCUT2D eigenvalue weighted by molar-refractivity contribution is -0.933. The minimum absolute atomic E-state index is 0. The summed E-state index contributed by atoms with van der Waals surface area (Å²) in [6, 6.07) is 15.9. The van der Waals surface area contributed by atoms with Crippen LogP contribution in [-0.4, -0.2) is 166 Å². The highest BCUT2D eigenvalue weighted by molar-refractivity contribution is 6.31. The number of nitrogens with one attached hydrogen (secondary N) is 1. The SMILES string of the molecule is CN(C)CCN(C)C(=O)COc1ccc(CCC[N+]2(CCCc3ccc(OCC(=O)N(C)CCN(C)C)cc3)CCCC(NC(=O)c3nc(Cl)c(N)nc3N)C2)cc1.[Cl-]. The maximum Gasteiger partial charge on any atom is 0.274 e. The van der Waals surface area contributed by atoms with Crippen LogP contribution in [0.25, 0.3) is 0 Å². The molecule has 59 heavy (non-hydrogen) atoms. The fourth-order valence-electron chi connectivity index (χ4n) is 7.02. The molecule has 1 aliphatic heterocycles. The van der Waals surface area contributed by atoms with Crippen LogP contribution in [0, 0.1) is 0 Å². The number of piperidine rings is 1. The van der Waals surface area contributed by atoms with Gasteiger partial charge in [0.2, 0.25) is 0 Å². The third-order valence-electron chi connectivity index (χ3n) is 10.6. The van der Waals surface area contributed by atoms with E-state index in [1.165, 1.54) is 11.1 Å². The standard InChI is InChI=1S/C42H63ClN10O5.ClH/c1-49(2)21-23-51(5)36(54)29-57-34-17-13-31(14-18-34)10-7-25-53(27-9-12-33(28-53)46-42(56)38-40(44)48-41(45)39(43)47-38)26-8-11-32-15-19-35(20-16-32)58-30-37(55)52(6)24-22-50(3)4;/h13-20,33H,7-12,21-30H2,1-6H3,(H4-,44,45,46,48,56);1H. The lowest BCUT2D eigenvalue weighted by Gasteiger charge is -2.45. The van der Waals surface area contributed by atoms with Gasteiger partial charge in [0.1, 0.15) is 11.5 Å². The number of likely N-dealkylation sites (tertiary alicyclic amines) is 1. The maximum atomic E-state index is 13.3. The molecule has 0 radical (unpaired) electrons. The first-order valence-electron chi connectivity index (χ1n) is 20.1. The highest BCUT2D eigenvalue weighted by atomic mass is 35.5. The number of amides is 3. The van der Waals surface area contributed by atoms with Gasteiger partial charge in [0.25, 0.3) is 17.7 Å². The molecular weight excluding hydrogens is 795 g/mol. The molecule has 5 N–H and O–H groups in total. The van der Waals surface area contributed by atoms with Gasteiger partial charge in [-0.2, -0.15) is 0 Å². The van der Waals surface area contributed by atoms with Crippen molar-refractivity contribution in [3.63, 3.8) is 0 Å². The molecule has 1 saturated heterocycles. The molecule has 1 atom stereocenters. The normalized spacial score (nSPS) is 14.7.